The Hall–Kier alpha value is -1.37. The van der Waals surface area contributed by atoms with Crippen molar-refractivity contribution in [2.45, 2.75) is 19.6 Å². The van der Waals surface area contributed by atoms with Gasteiger partial charge in [0.25, 0.3) is 0 Å². The molecule has 0 spiro atoms. The topological polar surface area (TPSA) is 56.0 Å². The molecular weight excluding hydrogens is 176 g/mol. The molecule has 0 unspecified atom stereocenters. The third-order valence-corrected chi connectivity index (χ3v) is 1.89. The Morgan fingerprint density at radius 3 is 2.86 bits per heavy atom. The summed E-state index contributed by atoms with van der Waals surface area (Å²) < 4.78 is 0. The molecule has 14 heavy (non-hydrogen) atoms. The maximum absolute atomic E-state index is 9.03. The second kappa shape index (κ2) is 5.38. The highest BCUT2D eigenvalue weighted by atomic mass is 16.3. The van der Waals surface area contributed by atoms with Gasteiger partial charge in [-0.3, -0.25) is 0 Å². The van der Waals surface area contributed by atoms with Crippen molar-refractivity contribution in [3.8, 4) is 6.07 Å². The molecule has 1 aromatic rings. The third-order valence-electron chi connectivity index (χ3n) is 1.89. The van der Waals surface area contributed by atoms with E-state index in [-0.39, 0.29) is 6.10 Å². The first-order valence-corrected chi connectivity index (χ1v) is 4.61. The minimum atomic E-state index is -0.357. The van der Waals surface area contributed by atoms with Gasteiger partial charge in [-0.2, -0.15) is 5.26 Å². The van der Waals surface area contributed by atoms with E-state index in [1.807, 2.05) is 18.2 Å². The van der Waals surface area contributed by atoms with Crippen molar-refractivity contribution in [1.29, 1.82) is 5.26 Å². The molecule has 1 aromatic carbocycles. The van der Waals surface area contributed by atoms with Crippen LogP contribution in [0.2, 0.25) is 0 Å². The van der Waals surface area contributed by atoms with Crippen LogP contribution >= 0.6 is 0 Å². The standard InChI is InChI=1S/C11H14N2O/c1-9(14)7-13-8-11-5-3-2-4-10(11)6-12/h2-5,9,13-14H,7-8H2,1H3/t9-/m0/s1. The zero-order valence-electron chi connectivity index (χ0n) is 8.20. The van der Waals surface area contributed by atoms with Gasteiger partial charge in [-0.1, -0.05) is 18.2 Å². The van der Waals surface area contributed by atoms with E-state index >= 15 is 0 Å². The van der Waals surface area contributed by atoms with E-state index in [1.165, 1.54) is 0 Å². The number of nitrogens with zero attached hydrogens (tertiary/aromatic N) is 1. The van der Waals surface area contributed by atoms with Crippen molar-refractivity contribution >= 4 is 0 Å². The van der Waals surface area contributed by atoms with Crippen molar-refractivity contribution in [1.82, 2.24) is 5.32 Å². The minimum absolute atomic E-state index is 0.357. The molecule has 0 bridgehead atoms. The van der Waals surface area contributed by atoms with Crippen LogP contribution in [0.4, 0.5) is 0 Å². The lowest BCUT2D eigenvalue weighted by atomic mass is 10.1. The first-order valence-electron chi connectivity index (χ1n) is 4.61. The molecule has 0 amide bonds. The lowest BCUT2D eigenvalue weighted by Gasteiger charge is -2.07. The Kier molecular flexibility index (Phi) is 4.11. The van der Waals surface area contributed by atoms with Crippen molar-refractivity contribution < 1.29 is 5.11 Å². The smallest absolute Gasteiger partial charge is 0.0995 e. The van der Waals surface area contributed by atoms with Gasteiger partial charge in [0, 0.05) is 13.1 Å². The Balaban J connectivity index is 2.54. The number of aliphatic hydroxyl groups is 1. The fourth-order valence-electron chi connectivity index (χ4n) is 1.20. The maximum atomic E-state index is 9.03. The van der Waals surface area contributed by atoms with Crippen LogP contribution in [0, 0.1) is 11.3 Å². The summed E-state index contributed by atoms with van der Waals surface area (Å²) in [6.45, 7) is 2.89. The predicted molar refractivity (Wildman–Crippen MR) is 54.5 cm³/mol. The number of aliphatic hydroxyl groups excluding tert-OH is 1. The molecule has 0 fully saturated rings. The second-order valence-corrected chi connectivity index (χ2v) is 3.25. The number of nitriles is 1. The van der Waals surface area contributed by atoms with Crippen LogP contribution in [0.1, 0.15) is 18.1 Å². The van der Waals surface area contributed by atoms with Crippen LogP contribution < -0.4 is 5.32 Å². The number of nitrogens with one attached hydrogen (secondary N) is 1. The summed E-state index contributed by atoms with van der Waals surface area (Å²) >= 11 is 0. The van der Waals surface area contributed by atoms with E-state index in [1.54, 1.807) is 13.0 Å². The highest BCUT2D eigenvalue weighted by molar-refractivity contribution is 5.37. The van der Waals surface area contributed by atoms with Gasteiger partial charge in [0.05, 0.1) is 17.7 Å². The summed E-state index contributed by atoms with van der Waals surface area (Å²) in [4.78, 5) is 0. The van der Waals surface area contributed by atoms with Gasteiger partial charge >= 0.3 is 0 Å². The van der Waals surface area contributed by atoms with Crippen molar-refractivity contribution in [3.05, 3.63) is 35.4 Å². The molecular formula is C11H14N2O. The molecule has 3 heteroatoms. The first-order chi connectivity index (χ1) is 6.74. The van der Waals surface area contributed by atoms with Crippen molar-refractivity contribution in [2.75, 3.05) is 6.54 Å². The van der Waals surface area contributed by atoms with Gasteiger partial charge in [-0.05, 0) is 18.6 Å². The number of rotatable bonds is 4. The number of hydrogen-bond acceptors (Lipinski definition) is 3. The summed E-state index contributed by atoms with van der Waals surface area (Å²) in [7, 11) is 0. The summed E-state index contributed by atoms with van der Waals surface area (Å²) in [6.07, 6.45) is -0.357. The van der Waals surface area contributed by atoms with E-state index < -0.39 is 0 Å². The fourth-order valence-corrected chi connectivity index (χ4v) is 1.20. The number of hydrogen-bond donors (Lipinski definition) is 2. The second-order valence-electron chi connectivity index (χ2n) is 3.25. The summed E-state index contributed by atoms with van der Waals surface area (Å²) in [6, 6.07) is 9.58. The lowest BCUT2D eigenvalue weighted by Crippen LogP contribution is -2.24. The van der Waals surface area contributed by atoms with Gasteiger partial charge in [0.2, 0.25) is 0 Å². The Morgan fingerprint density at radius 1 is 1.50 bits per heavy atom. The van der Waals surface area contributed by atoms with E-state index in [9.17, 15) is 0 Å². The van der Waals surface area contributed by atoms with Crippen molar-refractivity contribution in [2.24, 2.45) is 0 Å². The molecule has 2 N–H and O–H groups in total. The monoisotopic (exact) mass is 190 g/mol. The van der Waals surface area contributed by atoms with E-state index in [0.717, 1.165) is 5.56 Å². The molecule has 0 aliphatic carbocycles. The summed E-state index contributed by atoms with van der Waals surface area (Å²) in [5.74, 6) is 0. The van der Waals surface area contributed by atoms with Gasteiger partial charge in [-0.25, -0.2) is 0 Å². The quantitative estimate of drug-likeness (QED) is 0.745. The van der Waals surface area contributed by atoms with Crippen LogP contribution in [0.15, 0.2) is 24.3 Å². The largest absolute Gasteiger partial charge is 0.392 e. The minimum Gasteiger partial charge on any atom is -0.392 e. The molecule has 1 rings (SSSR count). The Morgan fingerprint density at radius 2 is 2.21 bits per heavy atom. The molecule has 0 saturated carbocycles. The molecule has 0 heterocycles. The summed E-state index contributed by atoms with van der Waals surface area (Å²) in [5, 5.41) is 20.9. The van der Waals surface area contributed by atoms with E-state index in [0.29, 0.717) is 18.7 Å². The van der Waals surface area contributed by atoms with Gasteiger partial charge in [-0.15, -0.1) is 0 Å². The fraction of sp³-hybridized carbons (Fsp3) is 0.364. The average molecular weight is 190 g/mol. The molecule has 0 aromatic heterocycles. The van der Waals surface area contributed by atoms with Crippen molar-refractivity contribution in [3.63, 3.8) is 0 Å². The van der Waals surface area contributed by atoms with Crippen LogP contribution in [0.3, 0.4) is 0 Å². The lowest BCUT2D eigenvalue weighted by molar-refractivity contribution is 0.191. The summed E-state index contributed by atoms with van der Waals surface area (Å²) in [5.41, 5.74) is 1.65. The zero-order chi connectivity index (χ0) is 10.4. The normalized spacial score (nSPS) is 12.1. The third kappa shape index (κ3) is 3.17. The molecule has 0 radical (unpaired) electrons. The molecule has 0 aliphatic rings. The van der Waals surface area contributed by atoms with Gasteiger partial charge < -0.3 is 10.4 Å². The Labute approximate surface area is 84.0 Å². The highest BCUT2D eigenvalue weighted by Gasteiger charge is 2.00. The molecule has 1 atom stereocenters. The highest BCUT2D eigenvalue weighted by Crippen LogP contribution is 2.06. The van der Waals surface area contributed by atoms with Crippen LogP contribution in [-0.4, -0.2) is 17.8 Å². The SMILES string of the molecule is C[C@H](O)CNCc1ccccc1C#N. The molecule has 3 nitrogen and oxygen atoms in total. The predicted octanol–water partition coefficient (Wildman–Crippen LogP) is 1.03. The average Bonchev–Trinajstić information content (AvgIpc) is 2.18. The molecule has 0 aliphatic heterocycles. The van der Waals surface area contributed by atoms with Crippen LogP contribution in [0.5, 0.6) is 0 Å². The van der Waals surface area contributed by atoms with Crippen LogP contribution in [0.25, 0.3) is 0 Å². The van der Waals surface area contributed by atoms with Gasteiger partial charge in [0.15, 0.2) is 0 Å². The molecule has 74 valence electrons. The Bertz CT molecular complexity index is 328. The first kappa shape index (κ1) is 10.7. The van der Waals surface area contributed by atoms with Gasteiger partial charge in [0.1, 0.15) is 0 Å². The molecule has 0 saturated heterocycles. The van der Waals surface area contributed by atoms with Crippen LogP contribution in [-0.2, 0) is 6.54 Å². The maximum Gasteiger partial charge on any atom is 0.0995 e. The zero-order valence-corrected chi connectivity index (χ0v) is 8.20. The van der Waals surface area contributed by atoms with E-state index in [2.05, 4.69) is 11.4 Å². The van der Waals surface area contributed by atoms with E-state index in [4.69, 9.17) is 10.4 Å². The number of benzene rings is 1.